The molecule has 0 spiro atoms. The summed E-state index contributed by atoms with van der Waals surface area (Å²) in [5.41, 5.74) is 0.305. The van der Waals surface area contributed by atoms with Gasteiger partial charge in [0.1, 0.15) is 12.1 Å². The zero-order chi connectivity index (χ0) is 18.4. The number of carbonyl (C=O) groups is 4. The van der Waals surface area contributed by atoms with Crippen LogP contribution >= 0.6 is 0 Å². The Hall–Kier alpha value is -2.97. The lowest BCUT2D eigenvalue weighted by Crippen LogP contribution is -2.45. The molecule has 0 atom stereocenters. The van der Waals surface area contributed by atoms with Crippen LogP contribution in [0.15, 0.2) is 18.3 Å². The summed E-state index contributed by atoms with van der Waals surface area (Å²) >= 11 is 0. The minimum Gasteiger partial charge on any atom is -0.466 e. The molecule has 0 bridgehead atoms. The fourth-order valence-electron chi connectivity index (χ4n) is 2.40. The Bertz CT molecular complexity index is 673. The molecule has 1 aromatic heterocycles. The molecular weight excluding hydrogens is 330 g/mol. The van der Waals surface area contributed by atoms with E-state index in [0.717, 1.165) is 0 Å². The van der Waals surface area contributed by atoms with E-state index in [9.17, 15) is 19.2 Å². The molecule has 1 saturated heterocycles. The van der Waals surface area contributed by atoms with Gasteiger partial charge in [-0.25, -0.2) is 9.80 Å². The highest BCUT2D eigenvalue weighted by Gasteiger charge is 2.33. The van der Waals surface area contributed by atoms with Crippen molar-refractivity contribution in [3.63, 3.8) is 0 Å². The van der Waals surface area contributed by atoms with Gasteiger partial charge in [-0.2, -0.15) is 0 Å². The summed E-state index contributed by atoms with van der Waals surface area (Å²) in [7, 11) is 1.25. The lowest BCUT2D eigenvalue weighted by atomic mass is 10.2. The van der Waals surface area contributed by atoms with Gasteiger partial charge in [-0.05, 0) is 25.5 Å². The molecule has 0 unspecified atom stereocenters. The Kier molecular flexibility index (Phi) is 6.04. The van der Waals surface area contributed by atoms with Crippen LogP contribution in [0.2, 0.25) is 0 Å². The summed E-state index contributed by atoms with van der Waals surface area (Å²) in [6.07, 6.45) is 1.41. The third kappa shape index (κ3) is 4.31. The molecular formula is C16H19N3O6. The highest BCUT2D eigenvalue weighted by Crippen LogP contribution is 2.16. The number of nitrogens with zero attached hydrogens (tertiary/aromatic N) is 3. The maximum absolute atomic E-state index is 12.6. The number of ether oxygens (including phenoxy) is 2. The van der Waals surface area contributed by atoms with Crippen LogP contribution < -0.4 is 0 Å². The lowest BCUT2D eigenvalue weighted by molar-refractivity contribution is -0.152. The minimum atomic E-state index is -0.632. The predicted molar refractivity (Wildman–Crippen MR) is 84.2 cm³/mol. The molecule has 2 heterocycles. The Labute approximate surface area is 144 Å². The van der Waals surface area contributed by atoms with Gasteiger partial charge < -0.3 is 9.47 Å². The summed E-state index contributed by atoms with van der Waals surface area (Å²) in [5, 5.41) is 2.48. The van der Waals surface area contributed by atoms with Crippen molar-refractivity contribution in [2.24, 2.45) is 0 Å². The van der Waals surface area contributed by atoms with Gasteiger partial charge in [0.15, 0.2) is 0 Å². The standard InChI is InChI=1S/C16H19N3O6/c1-3-25-14(21)9-13(20)18-7-4-8-19(18)15(22)12-6-5-11(10-17-12)16(23)24-2/h5-6,10H,3-4,7-9H2,1-2H3. The third-order valence-electron chi connectivity index (χ3n) is 3.56. The number of aromatic nitrogens is 1. The van der Waals surface area contributed by atoms with Gasteiger partial charge in [-0.15, -0.1) is 0 Å². The summed E-state index contributed by atoms with van der Waals surface area (Å²) in [4.78, 5) is 51.6. The molecule has 1 aliphatic rings. The number of esters is 2. The van der Waals surface area contributed by atoms with Crippen LogP contribution in [0.5, 0.6) is 0 Å². The van der Waals surface area contributed by atoms with Crippen molar-refractivity contribution in [3.05, 3.63) is 29.6 Å². The van der Waals surface area contributed by atoms with Gasteiger partial charge in [0.25, 0.3) is 11.8 Å². The van der Waals surface area contributed by atoms with Crippen LogP contribution in [0, 0.1) is 0 Å². The average Bonchev–Trinajstić information content (AvgIpc) is 3.10. The summed E-state index contributed by atoms with van der Waals surface area (Å²) in [6.45, 7) is 2.51. The molecule has 9 nitrogen and oxygen atoms in total. The fraction of sp³-hybridized carbons (Fsp3) is 0.438. The van der Waals surface area contributed by atoms with Crippen LogP contribution in [-0.2, 0) is 19.1 Å². The van der Waals surface area contributed by atoms with Crippen LogP contribution in [0.25, 0.3) is 0 Å². The smallest absolute Gasteiger partial charge is 0.339 e. The third-order valence-corrected chi connectivity index (χ3v) is 3.56. The lowest BCUT2D eigenvalue weighted by Gasteiger charge is -2.27. The maximum atomic E-state index is 12.6. The molecule has 134 valence electrons. The second-order valence-electron chi connectivity index (χ2n) is 5.20. The largest absolute Gasteiger partial charge is 0.466 e. The first kappa shape index (κ1) is 18.4. The second kappa shape index (κ2) is 8.22. The summed E-state index contributed by atoms with van der Waals surface area (Å²) in [6, 6.07) is 2.81. The maximum Gasteiger partial charge on any atom is 0.339 e. The zero-order valence-electron chi connectivity index (χ0n) is 14.1. The SMILES string of the molecule is CCOC(=O)CC(=O)N1CCCN1C(=O)c1ccc(C(=O)OC)cn1. The van der Waals surface area contributed by atoms with Gasteiger partial charge in [0, 0.05) is 19.3 Å². The molecule has 2 rings (SSSR count). The Morgan fingerprint density at radius 1 is 1.16 bits per heavy atom. The highest BCUT2D eigenvalue weighted by atomic mass is 16.5. The van der Waals surface area contributed by atoms with Gasteiger partial charge in [0.05, 0.1) is 19.3 Å². The molecule has 1 aliphatic heterocycles. The van der Waals surface area contributed by atoms with Crippen molar-refractivity contribution in [3.8, 4) is 0 Å². The first-order valence-electron chi connectivity index (χ1n) is 7.80. The molecule has 1 aromatic rings. The molecule has 25 heavy (non-hydrogen) atoms. The van der Waals surface area contributed by atoms with Crippen LogP contribution in [-0.4, -0.2) is 65.6 Å². The van der Waals surface area contributed by atoms with Gasteiger partial charge in [-0.3, -0.25) is 24.4 Å². The number of rotatable bonds is 5. The molecule has 0 N–H and O–H groups in total. The number of methoxy groups -OCH3 is 1. The predicted octanol–water partition coefficient (Wildman–Crippen LogP) is 0.411. The average molecular weight is 349 g/mol. The topological polar surface area (TPSA) is 106 Å². The number of hydrogen-bond donors (Lipinski definition) is 0. The van der Waals surface area contributed by atoms with Crippen molar-refractivity contribution in [1.29, 1.82) is 0 Å². The van der Waals surface area contributed by atoms with Crippen molar-refractivity contribution in [1.82, 2.24) is 15.0 Å². The monoisotopic (exact) mass is 349 g/mol. The van der Waals surface area contributed by atoms with Crippen molar-refractivity contribution in [2.75, 3.05) is 26.8 Å². The Morgan fingerprint density at radius 3 is 2.48 bits per heavy atom. The highest BCUT2D eigenvalue weighted by molar-refractivity contribution is 5.98. The van der Waals surface area contributed by atoms with Crippen molar-refractivity contribution in [2.45, 2.75) is 19.8 Å². The number of carbonyl (C=O) groups excluding carboxylic acids is 4. The van der Waals surface area contributed by atoms with E-state index in [1.165, 1.54) is 35.5 Å². The number of hydrogen-bond acceptors (Lipinski definition) is 7. The van der Waals surface area contributed by atoms with E-state index in [1.54, 1.807) is 6.92 Å². The van der Waals surface area contributed by atoms with E-state index >= 15 is 0 Å². The van der Waals surface area contributed by atoms with Gasteiger partial charge >= 0.3 is 11.9 Å². The molecule has 2 amide bonds. The van der Waals surface area contributed by atoms with Crippen molar-refractivity contribution >= 4 is 23.8 Å². The van der Waals surface area contributed by atoms with Crippen LogP contribution in [0.4, 0.5) is 0 Å². The van der Waals surface area contributed by atoms with Crippen LogP contribution in [0.3, 0.4) is 0 Å². The number of hydrazine groups is 1. The minimum absolute atomic E-state index is 0.0866. The molecule has 1 fully saturated rings. The summed E-state index contributed by atoms with van der Waals surface area (Å²) in [5.74, 6) is -2.17. The second-order valence-corrected chi connectivity index (χ2v) is 5.20. The molecule has 0 radical (unpaired) electrons. The number of pyridine rings is 1. The quantitative estimate of drug-likeness (QED) is 0.560. The first-order valence-corrected chi connectivity index (χ1v) is 7.80. The molecule has 0 aliphatic carbocycles. The summed E-state index contributed by atoms with van der Waals surface area (Å²) < 4.78 is 9.32. The first-order chi connectivity index (χ1) is 12.0. The number of amides is 2. The Balaban J connectivity index is 2.08. The van der Waals surface area contributed by atoms with E-state index in [4.69, 9.17) is 4.74 Å². The normalized spacial score (nSPS) is 13.5. The van der Waals surface area contributed by atoms with E-state index < -0.39 is 30.2 Å². The van der Waals surface area contributed by atoms with Gasteiger partial charge in [-0.1, -0.05) is 0 Å². The fourth-order valence-corrected chi connectivity index (χ4v) is 2.40. The van der Waals surface area contributed by atoms with E-state index in [1.807, 2.05) is 0 Å². The molecule has 0 aromatic carbocycles. The van der Waals surface area contributed by atoms with E-state index in [0.29, 0.717) is 19.5 Å². The van der Waals surface area contributed by atoms with E-state index in [-0.39, 0.29) is 17.9 Å². The molecule has 0 saturated carbocycles. The van der Waals surface area contributed by atoms with Gasteiger partial charge in [0.2, 0.25) is 0 Å². The van der Waals surface area contributed by atoms with Crippen LogP contribution in [0.1, 0.15) is 40.6 Å². The van der Waals surface area contributed by atoms with Crippen molar-refractivity contribution < 1.29 is 28.7 Å². The zero-order valence-corrected chi connectivity index (χ0v) is 14.1. The molecule has 9 heteroatoms. The Morgan fingerprint density at radius 2 is 1.88 bits per heavy atom. The van der Waals surface area contributed by atoms with E-state index in [2.05, 4.69) is 9.72 Å².